The summed E-state index contributed by atoms with van der Waals surface area (Å²) in [6.07, 6.45) is 5.12. The normalized spacial score (nSPS) is 30.5. The van der Waals surface area contributed by atoms with E-state index >= 15 is 0 Å². The number of aliphatic hydroxyl groups is 1. The Balaban J connectivity index is 1.50. The minimum atomic E-state index is -1.23. The van der Waals surface area contributed by atoms with Gasteiger partial charge in [0.2, 0.25) is 11.8 Å². The topological polar surface area (TPSA) is 127 Å². The molecule has 214 valence electrons. The third-order valence-corrected chi connectivity index (χ3v) is 8.83. The van der Waals surface area contributed by atoms with Crippen LogP contribution in [0.4, 0.5) is 0 Å². The number of esters is 1. The summed E-state index contributed by atoms with van der Waals surface area (Å²) in [5.74, 6) is -3.09. The smallest absolute Gasteiger partial charge is 0.312 e. The summed E-state index contributed by atoms with van der Waals surface area (Å²) < 4.78 is 13.9. The molecule has 11 nitrogen and oxygen atoms in total. The highest BCUT2D eigenvalue weighted by Crippen LogP contribution is 2.65. The van der Waals surface area contributed by atoms with E-state index in [1.807, 2.05) is 38.1 Å². The van der Waals surface area contributed by atoms with Crippen molar-refractivity contribution in [2.45, 2.75) is 57.0 Å². The number of amides is 2. The lowest BCUT2D eigenvalue weighted by Crippen LogP contribution is -2.57. The molecule has 1 aromatic heterocycles. The van der Waals surface area contributed by atoms with Crippen LogP contribution in [0.5, 0.6) is 0 Å². The fourth-order valence-electron chi connectivity index (χ4n) is 6.94. The van der Waals surface area contributed by atoms with Crippen molar-refractivity contribution < 1.29 is 29.0 Å². The number of rotatable bonds is 12. The Labute approximate surface area is 233 Å². The van der Waals surface area contributed by atoms with Crippen LogP contribution in [0.25, 0.3) is 11.0 Å². The molecule has 3 aliphatic heterocycles. The number of β-amino-alcohol motifs (C(OH)–C–C–N with tert-alkyl or cyclic N) is 1. The maximum Gasteiger partial charge on any atom is 0.312 e. The predicted octanol–water partition coefficient (Wildman–Crippen LogP) is 1.92. The zero-order valence-electron chi connectivity index (χ0n) is 23.1. The fraction of sp³-hybridized carbons (Fsp3) is 0.552. The molecular formula is C29H37N5O6. The van der Waals surface area contributed by atoms with E-state index in [0.29, 0.717) is 24.8 Å². The molecule has 3 aliphatic rings. The third kappa shape index (κ3) is 4.23. The van der Waals surface area contributed by atoms with Crippen molar-refractivity contribution in [3.63, 3.8) is 0 Å². The Bertz CT molecular complexity index is 1330. The molecule has 5 rings (SSSR count). The van der Waals surface area contributed by atoms with E-state index in [0.717, 1.165) is 5.52 Å². The first-order chi connectivity index (χ1) is 19.2. The lowest BCUT2D eigenvalue weighted by molar-refractivity contribution is -0.162. The second kappa shape index (κ2) is 10.8. The van der Waals surface area contributed by atoms with E-state index in [1.165, 1.54) is 4.90 Å². The minimum absolute atomic E-state index is 0.0583. The Hall–Kier alpha value is -3.57. The van der Waals surface area contributed by atoms with Crippen LogP contribution in [0.15, 0.2) is 49.6 Å². The number of unbranched alkanes of at least 4 members (excludes halogenated alkanes) is 1. The van der Waals surface area contributed by atoms with E-state index in [-0.39, 0.29) is 50.7 Å². The van der Waals surface area contributed by atoms with E-state index in [4.69, 9.17) is 9.47 Å². The lowest BCUT2D eigenvalue weighted by Gasteiger charge is -2.37. The molecule has 2 aromatic rings. The number of aliphatic hydroxyl groups excluding tert-OH is 1. The van der Waals surface area contributed by atoms with Gasteiger partial charge in [-0.15, -0.1) is 18.3 Å². The first-order valence-corrected chi connectivity index (χ1v) is 13.8. The zero-order valence-corrected chi connectivity index (χ0v) is 23.1. The van der Waals surface area contributed by atoms with Crippen molar-refractivity contribution in [3.05, 3.63) is 49.6 Å². The molecule has 1 spiro atoms. The molecule has 2 bridgehead atoms. The average Bonchev–Trinajstić information content (AvgIpc) is 3.60. The summed E-state index contributed by atoms with van der Waals surface area (Å²) >= 11 is 0. The number of hydrogen-bond acceptors (Lipinski definition) is 8. The van der Waals surface area contributed by atoms with E-state index in [2.05, 4.69) is 23.5 Å². The molecule has 3 saturated heterocycles. The standard InChI is InChI=1S/C29H37N5O6/c1-5-7-10-16-39-27(38)23-22-25(36)33(14-15-35)24(29(22)17-19(3)28(23,4)40-29)26(37)32(13-6-2)18-34-21-12-9-8-11-20(21)30-31-34/h5-6,8-9,11-12,19,22-24,35H,1-2,7,10,13-18H2,3-4H3/t19?,22-,23+,24?,28-,29?/m0/s1. The summed E-state index contributed by atoms with van der Waals surface area (Å²) in [6.45, 7) is 11.4. The fourth-order valence-corrected chi connectivity index (χ4v) is 6.94. The van der Waals surface area contributed by atoms with Gasteiger partial charge in [-0.3, -0.25) is 14.4 Å². The van der Waals surface area contributed by atoms with Crippen LogP contribution in [-0.2, 0) is 30.5 Å². The van der Waals surface area contributed by atoms with Gasteiger partial charge >= 0.3 is 5.97 Å². The summed E-state index contributed by atoms with van der Waals surface area (Å²) in [6, 6.07) is 6.40. The van der Waals surface area contributed by atoms with Crippen LogP contribution in [0, 0.1) is 17.8 Å². The minimum Gasteiger partial charge on any atom is -0.465 e. The number of likely N-dealkylation sites (tertiary alicyclic amines) is 1. The Morgan fingerprint density at radius 1 is 1.30 bits per heavy atom. The number of benzene rings is 1. The van der Waals surface area contributed by atoms with Gasteiger partial charge in [0, 0.05) is 13.1 Å². The quantitative estimate of drug-likeness (QED) is 0.241. The SMILES string of the molecule is C=CCCCOC(=O)[C@H]1[C@H]2C(=O)N(CCO)C(C(=O)N(CC=C)Cn3nnc4ccccc43)C23CC(C)[C@]1(C)O3. The Morgan fingerprint density at radius 3 is 2.80 bits per heavy atom. The van der Waals surface area contributed by atoms with Gasteiger partial charge in [0.05, 0.1) is 30.2 Å². The second-order valence-corrected chi connectivity index (χ2v) is 11.1. The molecule has 1 N–H and O–H groups in total. The highest BCUT2D eigenvalue weighted by molar-refractivity contribution is 5.98. The van der Waals surface area contributed by atoms with Crippen LogP contribution in [0.1, 0.15) is 33.1 Å². The summed E-state index contributed by atoms with van der Waals surface area (Å²) in [5.41, 5.74) is -0.746. The monoisotopic (exact) mass is 551 g/mol. The number of carbonyl (C=O) groups excluding carboxylic acids is 3. The van der Waals surface area contributed by atoms with Crippen molar-refractivity contribution in [3.8, 4) is 0 Å². The molecule has 0 saturated carbocycles. The van der Waals surface area contributed by atoms with Gasteiger partial charge in [-0.2, -0.15) is 0 Å². The molecule has 6 atom stereocenters. The number of ether oxygens (including phenoxy) is 2. The van der Waals surface area contributed by atoms with Gasteiger partial charge in [-0.1, -0.05) is 36.4 Å². The van der Waals surface area contributed by atoms with E-state index in [1.54, 1.807) is 21.7 Å². The maximum absolute atomic E-state index is 14.4. The first kappa shape index (κ1) is 28.0. The average molecular weight is 552 g/mol. The van der Waals surface area contributed by atoms with Crippen LogP contribution >= 0.6 is 0 Å². The Kier molecular flexibility index (Phi) is 7.54. The van der Waals surface area contributed by atoms with Crippen molar-refractivity contribution in [1.82, 2.24) is 24.8 Å². The summed E-state index contributed by atoms with van der Waals surface area (Å²) in [4.78, 5) is 44.8. The third-order valence-electron chi connectivity index (χ3n) is 8.83. The van der Waals surface area contributed by atoms with Crippen molar-refractivity contribution in [2.75, 3.05) is 26.3 Å². The van der Waals surface area contributed by atoms with Crippen molar-refractivity contribution >= 4 is 28.8 Å². The van der Waals surface area contributed by atoms with Gasteiger partial charge in [-0.05, 0) is 44.2 Å². The predicted molar refractivity (Wildman–Crippen MR) is 145 cm³/mol. The van der Waals surface area contributed by atoms with Crippen LogP contribution in [-0.4, -0.2) is 91.2 Å². The maximum atomic E-state index is 14.4. The molecule has 0 radical (unpaired) electrons. The molecule has 40 heavy (non-hydrogen) atoms. The number of allylic oxidation sites excluding steroid dienone is 1. The van der Waals surface area contributed by atoms with Gasteiger partial charge < -0.3 is 24.4 Å². The number of nitrogens with zero attached hydrogens (tertiary/aromatic N) is 5. The number of carbonyl (C=O) groups is 3. The van der Waals surface area contributed by atoms with Gasteiger partial charge in [0.1, 0.15) is 29.7 Å². The summed E-state index contributed by atoms with van der Waals surface area (Å²) in [7, 11) is 0. The van der Waals surface area contributed by atoms with E-state index in [9.17, 15) is 19.5 Å². The Morgan fingerprint density at radius 2 is 2.08 bits per heavy atom. The molecule has 3 fully saturated rings. The summed E-state index contributed by atoms with van der Waals surface area (Å²) in [5, 5.41) is 18.3. The van der Waals surface area contributed by atoms with Gasteiger partial charge in [0.15, 0.2) is 0 Å². The van der Waals surface area contributed by atoms with Gasteiger partial charge in [-0.25, -0.2) is 4.68 Å². The molecule has 4 heterocycles. The van der Waals surface area contributed by atoms with Crippen molar-refractivity contribution in [1.29, 1.82) is 0 Å². The highest BCUT2D eigenvalue weighted by atomic mass is 16.6. The van der Waals surface area contributed by atoms with Crippen LogP contribution < -0.4 is 0 Å². The highest BCUT2D eigenvalue weighted by Gasteiger charge is 2.80. The first-order valence-electron chi connectivity index (χ1n) is 13.8. The molecule has 0 aliphatic carbocycles. The molecule has 11 heteroatoms. The zero-order chi connectivity index (χ0) is 28.7. The largest absolute Gasteiger partial charge is 0.465 e. The molecule has 3 unspecified atom stereocenters. The van der Waals surface area contributed by atoms with E-state index < -0.39 is 35.0 Å². The molecule has 2 amide bonds. The van der Waals surface area contributed by atoms with Crippen LogP contribution in [0.2, 0.25) is 0 Å². The number of aromatic nitrogens is 3. The van der Waals surface area contributed by atoms with Gasteiger partial charge in [0.25, 0.3) is 0 Å². The number of hydrogen-bond donors (Lipinski definition) is 1. The lowest BCUT2D eigenvalue weighted by atomic mass is 9.62. The second-order valence-electron chi connectivity index (χ2n) is 11.1. The molecular weight excluding hydrogens is 514 g/mol. The number of para-hydroxylation sites is 1. The van der Waals surface area contributed by atoms with Crippen LogP contribution in [0.3, 0.4) is 0 Å². The molecule has 1 aromatic carbocycles. The number of fused-ring (bicyclic) bond motifs is 2. The van der Waals surface area contributed by atoms with Crippen molar-refractivity contribution in [2.24, 2.45) is 17.8 Å².